The summed E-state index contributed by atoms with van der Waals surface area (Å²) in [5.41, 5.74) is 2.65. The highest BCUT2D eigenvalue weighted by atomic mass is 19.2. The van der Waals surface area contributed by atoms with Gasteiger partial charge in [0.1, 0.15) is 0 Å². The largest absolute Gasteiger partial charge is 0.384 e. The van der Waals surface area contributed by atoms with Gasteiger partial charge in [-0.15, -0.1) is 0 Å². The summed E-state index contributed by atoms with van der Waals surface area (Å²) >= 11 is 0. The van der Waals surface area contributed by atoms with Crippen LogP contribution in [0.2, 0.25) is 0 Å². The number of carbonyl (C=O) groups excluding carboxylic acids is 1. The van der Waals surface area contributed by atoms with E-state index in [4.69, 9.17) is 0 Å². The summed E-state index contributed by atoms with van der Waals surface area (Å²) in [6, 6.07) is 11.6. The fraction of sp³-hybridized carbons (Fsp3) is 0.278. The first-order chi connectivity index (χ1) is 11.1. The second kappa shape index (κ2) is 6.77. The van der Waals surface area contributed by atoms with Gasteiger partial charge in [0.15, 0.2) is 11.6 Å². The Labute approximate surface area is 133 Å². The van der Waals surface area contributed by atoms with Crippen molar-refractivity contribution in [3.63, 3.8) is 0 Å². The lowest BCUT2D eigenvalue weighted by Crippen LogP contribution is -2.36. The summed E-state index contributed by atoms with van der Waals surface area (Å²) in [4.78, 5) is 14.2. The van der Waals surface area contributed by atoms with E-state index in [9.17, 15) is 13.6 Å². The maximum atomic E-state index is 13.1. The first-order valence-corrected chi connectivity index (χ1v) is 7.72. The Morgan fingerprint density at radius 2 is 1.96 bits per heavy atom. The van der Waals surface area contributed by atoms with Crippen LogP contribution in [-0.4, -0.2) is 19.0 Å². The molecule has 1 aliphatic heterocycles. The van der Waals surface area contributed by atoms with Crippen molar-refractivity contribution in [2.75, 3.05) is 23.3 Å². The molecule has 1 amide bonds. The molecule has 1 aliphatic rings. The second-order valence-electron chi connectivity index (χ2n) is 5.58. The fourth-order valence-corrected chi connectivity index (χ4v) is 2.85. The predicted molar refractivity (Wildman–Crippen MR) is 86.6 cm³/mol. The Morgan fingerprint density at radius 1 is 1.13 bits per heavy atom. The van der Waals surface area contributed by atoms with E-state index in [1.165, 1.54) is 11.6 Å². The summed E-state index contributed by atoms with van der Waals surface area (Å²) in [6.45, 7) is 1.10. The minimum Gasteiger partial charge on any atom is -0.384 e. The summed E-state index contributed by atoms with van der Waals surface area (Å²) in [6.07, 6.45) is 2.25. The highest BCUT2D eigenvalue weighted by Gasteiger charge is 2.21. The van der Waals surface area contributed by atoms with Gasteiger partial charge in [0.2, 0.25) is 5.91 Å². The molecule has 23 heavy (non-hydrogen) atoms. The maximum Gasteiger partial charge on any atom is 0.228 e. The van der Waals surface area contributed by atoms with Crippen molar-refractivity contribution in [3.05, 3.63) is 59.7 Å². The van der Waals surface area contributed by atoms with Crippen LogP contribution in [0.15, 0.2) is 42.5 Å². The molecule has 3 rings (SSSR count). The zero-order valence-electron chi connectivity index (χ0n) is 12.7. The molecule has 0 spiro atoms. The van der Waals surface area contributed by atoms with Crippen LogP contribution in [-0.2, 0) is 11.2 Å². The topological polar surface area (TPSA) is 32.3 Å². The van der Waals surface area contributed by atoms with E-state index in [1.807, 2.05) is 29.2 Å². The SMILES string of the molecule is O=C(CCNc1ccc(F)c(F)c1)N1CCCc2ccccc21. The van der Waals surface area contributed by atoms with Crippen molar-refractivity contribution in [1.29, 1.82) is 0 Å². The van der Waals surface area contributed by atoms with E-state index in [0.29, 0.717) is 18.7 Å². The highest BCUT2D eigenvalue weighted by molar-refractivity contribution is 5.94. The van der Waals surface area contributed by atoms with Crippen molar-refractivity contribution < 1.29 is 13.6 Å². The number of aryl methyl sites for hydroxylation is 1. The quantitative estimate of drug-likeness (QED) is 0.932. The third-order valence-electron chi connectivity index (χ3n) is 4.00. The molecule has 0 saturated heterocycles. The molecule has 1 heterocycles. The van der Waals surface area contributed by atoms with Gasteiger partial charge in [-0.2, -0.15) is 0 Å². The van der Waals surface area contributed by atoms with Gasteiger partial charge in [-0.3, -0.25) is 4.79 Å². The van der Waals surface area contributed by atoms with Crippen LogP contribution in [0.4, 0.5) is 20.2 Å². The van der Waals surface area contributed by atoms with Gasteiger partial charge < -0.3 is 10.2 Å². The van der Waals surface area contributed by atoms with Gasteiger partial charge in [-0.25, -0.2) is 8.78 Å². The number of anilines is 2. The molecule has 0 radical (unpaired) electrons. The van der Waals surface area contributed by atoms with Crippen molar-refractivity contribution in [1.82, 2.24) is 0 Å². The molecule has 1 N–H and O–H groups in total. The smallest absolute Gasteiger partial charge is 0.228 e. The number of benzene rings is 2. The number of amides is 1. The highest BCUT2D eigenvalue weighted by Crippen LogP contribution is 2.27. The first kappa shape index (κ1) is 15.5. The number of fused-ring (bicyclic) bond motifs is 1. The molecule has 120 valence electrons. The van der Waals surface area contributed by atoms with Gasteiger partial charge in [-0.05, 0) is 42.7 Å². The normalized spacial score (nSPS) is 13.6. The van der Waals surface area contributed by atoms with Crippen LogP contribution in [0, 0.1) is 11.6 Å². The van der Waals surface area contributed by atoms with E-state index in [-0.39, 0.29) is 5.91 Å². The van der Waals surface area contributed by atoms with Crippen molar-refractivity contribution >= 4 is 17.3 Å². The standard InChI is InChI=1S/C18H18F2N2O/c19-15-8-7-14(12-16(15)20)21-10-9-18(23)22-11-3-5-13-4-1-2-6-17(13)22/h1-2,4,6-8,12,21H,3,5,9-11H2. The maximum absolute atomic E-state index is 13.1. The van der Waals surface area contributed by atoms with Crippen molar-refractivity contribution in [2.45, 2.75) is 19.3 Å². The average molecular weight is 316 g/mol. The molecule has 0 bridgehead atoms. The van der Waals surface area contributed by atoms with E-state index < -0.39 is 11.6 Å². The Hall–Kier alpha value is -2.43. The average Bonchev–Trinajstić information content (AvgIpc) is 2.57. The van der Waals surface area contributed by atoms with E-state index in [2.05, 4.69) is 5.32 Å². The van der Waals surface area contributed by atoms with E-state index in [1.54, 1.807) is 0 Å². The van der Waals surface area contributed by atoms with Gasteiger partial charge in [0.05, 0.1) is 0 Å². The Morgan fingerprint density at radius 3 is 2.78 bits per heavy atom. The fourth-order valence-electron chi connectivity index (χ4n) is 2.85. The second-order valence-corrected chi connectivity index (χ2v) is 5.58. The van der Waals surface area contributed by atoms with Gasteiger partial charge in [0, 0.05) is 30.9 Å². The molecule has 0 unspecified atom stereocenters. The number of nitrogens with zero attached hydrogens (tertiary/aromatic N) is 1. The summed E-state index contributed by atoms with van der Waals surface area (Å²) in [5.74, 6) is -1.74. The zero-order chi connectivity index (χ0) is 16.2. The Kier molecular flexibility index (Phi) is 4.55. The zero-order valence-corrected chi connectivity index (χ0v) is 12.7. The van der Waals surface area contributed by atoms with Gasteiger partial charge in [-0.1, -0.05) is 18.2 Å². The molecule has 0 saturated carbocycles. The van der Waals surface area contributed by atoms with Crippen molar-refractivity contribution in [3.8, 4) is 0 Å². The lowest BCUT2D eigenvalue weighted by molar-refractivity contribution is -0.118. The van der Waals surface area contributed by atoms with Gasteiger partial charge >= 0.3 is 0 Å². The van der Waals surface area contributed by atoms with Gasteiger partial charge in [0.25, 0.3) is 0 Å². The molecular weight excluding hydrogens is 298 g/mol. The Bertz CT molecular complexity index is 718. The molecule has 0 aliphatic carbocycles. The summed E-state index contributed by atoms with van der Waals surface area (Å²) in [7, 11) is 0. The van der Waals surface area contributed by atoms with Crippen LogP contribution in [0.1, 0.15) is 18.4 Å². The lowest BCUT2D eigenvalue weighted by Gasteiger charge is -2.29. The minimum atomic E-state index is -0.897. The Balaban J connectivity index is 1.59. The molecule has 0 aromatic heterocycles. The summed E-state index contributed by atoms with van der Waals surface area (Å²) < 4.78 is 26.0. The van der Waals surface area contributed by atoms with Crippen LogP contribution in [0.25, 0.3) is 0 Å². The van der Waals surface area contributed by atoms with E-state index in [0.717, 1.165) is 37.2 Å². The summed E-state index contributed by atoms with van der Waals surface area (Å²) in [5, 5.41) is 2.95. The van der Waals surface area contributed by atoms with Crippen molar-refractivity contribution in [2.24, 2.45) is 0 Å². The molecule has 2 aromatic rings. The number of nitrogens with one attached hydrogen (secondary N) is 1. The number of halogens is 2. The molecule has 0 atom stereocenters. The third-order valence-corrected chi connectivity index (χ3v) is 4.00. The first-order valence-electron chi connectivity index (χ1n) is 7.72. The molecule has 3 nitrogen and oxygen atoms in total. The van der Waals surface area contributed by atoms with E-state index >= 15 is 0 Å². The molecule has 0 fully saturated rings. The molecular formula is C18H18F2N2O. The minimum absolute atomic E-state index is 0.0345. The number of carbonyl (C=O) groups is 1. The van der Waals surface area contributed by atoms with Crippen LogP contribution in [0.3, 0.4) is 0 Å². The van der Waals surface area contributed by atoms with Crippen LogP contribution >= 0.6 is 0 Å². The third kappa shape index (κ3) is 3.50. The number of para-hydroxylation sites is 1. The molecule has 5 heteroatoms. The number of rotatable bonds is 4. The lowest BCUT2D eigenvalue weighted by atomic mass is 10.0. The van der Waals surface area contributed by atoms with Crippen LogP contribution in [0.5, 0.6) is 0 Å². The molecule has 2 aromatic carbocycles. The predicted octanol–water partition coefficient (Wildman–Crippen LogP) is 3.75. The number of hydrogen-bond acceptors (Lipinski definition) is 2. The van der Waals surface area contributed by atoms with Crippen LogP contribution < -0.4 is 10.2 Å². The number of hydrogen-bond donors (Lipinski definition) is 1. The monoisotopic (exact) mass is 316 g/mol.